The van der Waals surface area contributed by atoms with Gasteiger partial charge in [-0.1, -0.05) is 46.3 Å². The molecular formula is C14H14BrFN2. The Morgan fingerprint density at radius 2 is 1.89 bits per heavy atom. The molecule has 0 bridgehead atoms. The Morgan fingerprint density at radius 1 is 1.17 bits per heavy atom. The van der Waals surface area contributed by atoms with Crippen LogP contribution in [0, 0.1) is 12.7 Å². The van der Waals surface area contributed by atoms with E-state index < -0.39 is 0 Å². The minimum Gasteiger partial charge on any atom is -0.271 e. The second-order valence-corrected chi connectivity index (χ2v) is 4.95. The van der Waals surface area contributed by atoms with Crippen molar-refractivity contribution in [2.24, 2.45) is 5.84 Å². The largest absolute Gasteiger partial charge is 0.271 e. The maximum Gasteiger partial charge on any atom is 0.129 e. The topological polar surface area (TPSA) is 38.0 Å². The first-order chi connectivity index (χ1) is 8.65. The lowest BCUT2D eigenvalue weighted by Gasteiger charge is -2.20. The third-order valence-electron chi connectivity index (χ3n) is 2.95. The van der Waals surface area contributed by atoms with Gasteiger partial charge in [-0.05, 0) is 30.2 Å². The van der Waals surface area contributed by atoms with Gasteiger partial charge in [-0.25, -0.2) is 9.82 Å². The maximum atomic E-state index is 14.0. The molecule has 1 unspecified atom stereocenters. The van der Waals surface area contributed by atoms with Crippen LogP contribution in [0.15, 0.2) is 46.9 Å². The van der Waals surface area contributed by atoms with Crippen molar-refractivity contribution >= 4 is 15.9 Å². The van der Waals surface area contributed by atoms with Crippen molar-refractivity contribution in [3.63, 3.8) is 0 Å². The predicted molar refractivity (Wildman–Crippen MR) is 74.4 cm³/mol. The van der Waals surface area contributed by atoms with E-state index in [9.17, 15) is 4.39 Å². The summed E-state index contributed by atoms with van der Waals surface area (Å²) in [6.07, 6.45) is 0. The van der Waals surface area contributed by atoms with Crippen LogP contribution in [0.2, 0.25) is 0 Å². The fourth-order valence-corrected chi connectivity index (χ4v) is 2.60. The van der Waals surface area contributed by atoms with Crippen molar-refractivity contribution in [3.05, 3.63) is 69.4 Å². The number of hydrogen-bond donors (Lipinski definition) is 2. The first-order valence-electron chi connectivity index (χ1n) is 5.60. The normalized spacial score (nSPS) is 12.4. The molecule has 0 fully saturated rings. The lowest BCUT2D eigenvalue weighted by atomic mass is 9.95. The maximum absolute atomic E-state index is 14.0. The monoisotopic (exact) mass is 308 g/mol. The average molecular weight is 309 g/mol. The molecule has 4 heteroatoms. The molecular weight excluding hydrogens is 295 g/mol. The summed E-state index contributed by atoms with van der Waals surface area (Å²) in [5.41, 5.74) is 5.24. The summed E-state index contributed by atoms with van der Waals surface area (Å²) in [5.74, 6) is 5.32. The zero-order valence-corrected chi connectivity index (χ0v) is 11.5. The number of benzene rings is 2. The van der Waals surface area contributed by atoms with Gasteiger partial charge in [0.2, 0.25) is 0 Å². The summed E-state index contributed by atoms with van der Waals surface area (Å²) in [6, 6.07) is 12.3. The molecule has 0 amide bonds. The Balaban J connectivity index is 2.56. The van der Waals surface area contributed by atoms with E-state index in [0.717, 1.165) is 11.1 Å². The van der Waals surface area contributed by atoms with Crippen molar-refractivity contribution in [2.45, 2.75) is 13.0 Å². The quantitative estimate of drug-likeness (QED) is 0.673. The molecule has 2 rings (SSSR count). The van der Waals surface area contributed by atoms with Gasteiger partial charge in [0.25, 0.3) is 0 Å². The summed E-state index contributed by atoms with van der Waals surface area (Å²) < 4.78 is 14.7. The fourth-order valence-electron chi connectivity index (χ4n) is 2.03. The van der Waals surface area contributed by atoms with Crippen LogP contribution in [0.1, 0.15) is 22.7 Å². The first-order valence-corrected chi connectivity index (χ1v) is 6.40. The molecule has 1 atom stereocenters. The van der Waals surface area contributed by atoms with Crippen LogP contribution in [0.5, 0.6) is 0 Å². The Hall–Kier alpha value is -1.23. The van der Waals surface area contributed by atoms with E-state index in [0.29, 0.717) is 10.0 Å². The van der Waals surface area contributed by atoms with Gasteiger partial charge < -0.3 is 0 Å². The van der Waals surface area contributed by atoms with Crippen LogP contribution in [0.25, 0.3) is 0 Å². The van der Waals surface area contributed by atoms with Crippen molar-refractivity contribution in [3.8, 4) is 0 Å². The number of nitrogens with two attached hydrogens (primary N) is 1. The van der Waals surface area contributed by atoms with Gasteiger partial charge in [-0.3, -0.25) is 5.84 Å². The van der Waals surface area contributed by atoms with E-state index in [2.05, 4.69) is 21.4 Å². The van der Waals surface area contributed by atoms with Crippen molar-refractivity contribution in [1.29, 1.82) is 0 Å². The lowest BCUT2D eigenvalue weighted by molar-refractivity contribution is 0.556. The summed E-state index contributed by atoms with van der Waals surface area (Å²) >= 11 is 3.37. The molecule has 0 saturated heterocycles. The van der Waals surface area contributed by atoms with E-state index in [1.807, 2.05) is 31.2 Å². The second kappa shape index (κ2) is 5.61. The van der Waals surface area contributed by atoms with Gasteiger partial charge in [0.05, 0.1) is 6.04 Å². The second-order valence-electron chi connectivity index (χ2n) is 4.09. The van der Waals surface area contributed by atoms with Crippen LogP contribution in [0.4, 0.5) is 4.39 Å². The SMILES string of the molecule is Cc1ccccc1C(NN)c1c(F)cccc1Br. The minimum absolute atomic E-state index is 0.282. The van der Waals surface area contributed by atoms with E-state index in [4.69, 9.17) is 5.84 Å². The van der Waals surface area contributed by atoms with Crippen LogP contribution in [-0.2, 0) is 0 Å². The molecule has 2 aromatic carbocycles. The number of halogens is 2. The smallest absolute Gasteiger partial charge is 0.129 e. The summed E-state index contributed by atoms with van der Waals surface area (Å²) in [5, 5.41) is 0. The highest BCUT2D eigenvalue weighted by Gasteiger charge is 2.20. The number of hydrazine groups is 1. The Bertz CT molecular complexity index is 537. The highest BCUT2D eigenvalue weighted by molar-refractivity contribution is 9.10. The zero-order chi connectivity index (χ0) is 13.1. The predicted octanol–water partition coefficient (Wildman–Crippen LogP) is 3.45. The molecule has 2 aromatic rings. The van der Waals surface area contributed by atoms with E-state index in [-0.39, 0.29) is 11.9 Å². The summed E-state index contributed by atoms with van der Waals surface area (Å²) in [6.45, 7) is 1.98. The molecule has 0 heterocycles. The van der Waals surface area contributed by atoms with Crippen molar-refractivity contribution < 1.29 is 4.39 Å². The standard InChI is InChI=1S/C14H14BrFN2/c1-9-5-2-3-6-10(9)14(18-17)13-11(15)7-4-8-12(13)16/h2-8,14,18H,17H2,1H3. The lowest BCUT2D eigenvalue weighted by Crippen LogP contribution is -2.30. The van der Waals surface area contributed by atoms with Gasteiger partial charge in [0.1, 0.15) is 5.82 Å². The van der Waals surface area contributed by atoms with Crippen LogP contribution in [-0.4, -0.2) is 0 Å². The Labute approximate surface area is 114 Å². The molecule has 0 saturated carbocycles. The van der Waals surface area contributed by atoms with Crippen molar-refractivity contribution in [2.75, 3.05) is 0 Å². The Kier molecular flexibility index (Phi) is 4.11. The highest BCUT2D eigenvalue weighted by Crippen LogP contribution is 2.31. The molecule has 3 N–H and O–H groups in total. The van der Waals surface area contributed by atoms with E-state index >= 15 is 0 Å². The molecule has 0 aliphatic carbocycles. The van der Waals surface area contributed by atoms with E-state index in [1.54, 1.807) is 12.1 Å². The summed E-state index contributed by atoms with van der Waals surface area (Å²) in [7, 11) is 0. The third kappa shape index (κ3) is 2.46. The number of rotatable bonds is 3. The molecule has 2 nitrogen and oxygen atoms in total. The van der Waals surface area contributed by atoms with E-state index in [1.165, 1.54) is 6.07 Å². The van der Waals surface area contributed by atoms with Gasteiger partial charge in [-0.2, -0.15) is 0 Å². The van der Waals surface area contributed by atoms with Gasteiger partial charge in [0, 0.05) is 10.0 Å². The first kappa shape index (κ1) is 13.2. The summed E-state index contributed by atoms with van der Waals surface area (Å²) in [4.78, 5) is 0. The minimum atomic E-state index is -0.373. The van der Waals surface area contributed by atoms with Crippen molar-refractivity contribution in [1.82, 2.24) is 5.43 Å². The van der Waals surface area contributed by atoms with Crippen LogP contribution >= 0.6 is 15.9 Å². The van der Waals surface area contributed by atoms with Crippen LogP contribution in [0.3, 0.4) is 0 Å². The zero-order valence-electron chi connectivity index (χ0n) is 9.95. The fraction of sp³-hybridized carbons (Fsp3) is 0.143. The van der Waals surface area contributed by atoms with Gasteiger partial charge in [-0.15, -0.1) is 0 Å². The van der Waals surface area contributed by atoms with Crippen LogP contribution < -0.4 is 11.3 Å². The highest BCUT2D eigenvalue weighted by atomic mass is 79.9. The molecule has 18 heavy (non-hydrogen) atoms. The number of hydrogen-bond acceptors (Lipinski definition) is 2. The molecule has 0 aliphatic heterocycles. The molecule has 94 valence electrons. The third-order valence-corrected chi connectivity index (χ3v) is 3.65. The van der Waals surface area contributed by atoms with Gasteiger partial charge >= 0.3 is 0 Å². The van der Waals surface area contributed by atoms with Gasteiger partial charge in [0.15, 0.2) is 0 Å². The molecule has 0 aliphatic rings. The number of nitrogens with one attached hydrogen (secondary N) is 1. The molecule has 0 aromatic heterocycles. The average Bonchev–Trinajstić information content (AvgIpc) is 2.35. The number of aryl methyl sites for hydroxylation is 1. The molecule has 0 radical (unpaired) electrons. The Morgan fingerprint density at radius 3 is 2.50 bits per heavy atom. The molecule has 0 spiro atoms.